The highest BCUT2D eigenvalue weighted by atomic mass is 16.1. The highest BCUT2D eigenvalue weighted by molar-refractivity contribution is 5.77. The third-order valence-electron chi connectivity index (χ3n) is 5.21. The van der Waals surface area contributed by atoms with E-state index in [-0.39, 0.29) is 11.3 Å². The van der Waals surface area contributed by atoms with Crippen molar-refractivity contribution >= 4 is 11.6 Å². The Balaban J connectivity index is 1.76. The average Bonchev–Trinajstić information content (AvgIpc) is 3.34. The zero-order valence-electron chi connectivity index (χ0n) is 14.5. The van der Waals surface area contributed by atoms with Crippen LogP contribution in [-0.4, -0.2) is 5.94 Å². The van der Waals surface area contributed by atoms with Crippen LogP contribution < -0.4 is 5.32 Å². The van der Waals surface area contributed by atoms with Crippen molar-refractivity contribution < 1.29 is 4.79 Å². The summed E-state index contributed by atoms with van der Waals surface area (Å²) in [4.78, 5) is 11.5. The largest absolute Gasteiger partial charge is 0.349 e. The van der Waals surface area contributed by atoms with Gasteiger partial charge in [0.15, 0.2) is 0 Å². The Hall–Kier alpha value is -2.31. The van der Waals surface area contributed by atoms with E-state index in [4.69, 9.17) is 0 Å². The molecule has 1 N–H and O–H groups in total. The molecule has 0 amide bonds. The fraction of sp³-hybridized carbons (Fsp3) is 0.364. The normalized spacial score (nSPS) is 19.6. The van der Waals surface area contributed by atoms with Crippen LogP contribution in [0.15, 0.2) is 48.2 Å². The number of carbonyl (C=O) groups excluding carboxylic acids is 1. The van der Waals surface area contributed by atoms with Gasteiger partial charge in [-0.3, -0.25) is 0 Å². The highest BCUT2D eigenvalue weighted by Crippen LogP contribution is 2.46. The first-order valence-corrected chi connectivity index (χ1v) is 8.73. The van der Waals surface area contributed by atoms with Crippen molar-refractivity contribution in [3.05, 3.63) is 70.4 Å². The molecule has 1 aliphatic heterocycles. The van der Waals surface area contributed by atoms with Gasteiger partial charge in [-0.05, 0) is 52.5 Å². The van der Waals surface area contributed by atoms with Crippen LogP contribution >= 0.6 is 0 Å². The van der Waals surface area contributed by atoms with Gasteiger partial charge < -0.3 is 5.32 Å². The van der Waals surface area contributed by atoms with E-state index in [0.717, 1.165) is 11.3 Å². The maximum Gasteiger partial charge on any atom is 0.146 e. The molecule has 4 rings (SSSR count). The summed E-state index contributed by atoms with van der Waals surface area (Å²) in [7, 11) is 0. The maximum atomic E-state index is 11.5. The summed E-state index contributed by atoms with van der Waals surface area (Å²) in [5.41, 5.74) is 6.87. The third-order valence-corrected chi connectivity index (χ3v) is 5.21. The van der Waals surface area contributed by atoms with Crippen LogP contribution in [0.1, 0.15) is 67.7 Å². The number of rotatable bonds is 2. The van der Waals surface area contributed by atoms with Gasteiger partial charge in [0.25, 0.3) is 0 Å². The Labute approximate surface area is 143 Å². The molecule has 1 heterocycles. The van der Waals surface area contributed by atoms with E-state index in [0.29, 0.717) is 11.6 Å². The van der Waals surface area contributed by atoms with Crippen LogP contribution in [0.5, 0.6) is 0 Å². The average molecular weight is 317 g/mol. The van der Waals surface area contributed by atoms with E-state index in [1.165, 1.54) is 29.5 Å². The molecule has 2 heteroatoms. The minimum absolute atomic E-state index is 0.0229. The Kier molecular flexibility index (Phi) is 3.40. The molecule has 0 saturated heterocycles. The number of anilines is 1. The first-order valence-electron chi connectivity index (χ1n) is 8.73. The lowest BCUT2D eigenvalue weighted by molar-refractivity contribution is 0.566. The fourth-order valence-corrected chi connectivity index (χ4v) is 3.58. The molecule has 0 radical (unpaired) electrons. The summed E-state index contributed by atoms with van der Waals surface area (Å²) < 4.78 is 0. The van der Waals surface area contributed by atoms with Gasteiger partial charge in [-0.25, -0.2) is 4.79 Å². The molecule has 2 aromatic rings. The number of fused-ring (bicyclic) bond motifs is 1. The molecule has 0 aromatic heterocycles. The first kappa shape index (κ1) is 15.2. The number of hydrogen-bond donors (Lipinski definition) is 1. The quantitative estimate of drug-likeness (QED) is 0.778. The van der Waals surface area contributed by atoms with Crippen molar-refractivity contribution in [1.82, 2.24) is 0 Å². The molecule has 2 aromatic carbocycles. The Morgan fingerprint density at radius 3 is 2.25 bits per heavy atom. The number of benzene rings is 2. The third kappa shape index (κ3) is 2.57. The molecule has 1 aliphatic carbocycles. The van der Waals surface area contributed by atoms with Gasteiger partial charge in [-0.1, -0.05) is 57.2 Å². The molecule has 1 atom stereocenters. The maximum absolute atomic E-state index is 11.5. The molecule has 0 spiro atoms. The van der Waals surface area contributed by atoms with Gasteiger partial charge in [0, 0.05) is 5.69 Å². The van der Waals surface area contributed by atoms with Crippen LogP contribution in [0, 0.1) is 0 Å². The van der Waals surface area contributed by atoms with Crippen molar-refractivity contribution in [2.24, 2.45) is 0 Å². The summed E-state index contributed by atoms with van der Waals surface area (Å²) >= 11 is 0. The first-order chi connectivity index (χ1) is 11.5. The van der Waals surface area contributed by atoms with E-state index >= 15 is 0 Å². The molecule has 2 nitrogen and oxygen atoms in total. The summed E-state index contributed by atoms with van der Waals surface area (Å²) in [5, 5.41) is 3.26. The van der Waals surface area contributed by atoms with E-state index in [1.807, 2.05) is 0 Å². The lowest BCUT2D eigenvalue weighted by Gasteiger charge is -2.20. The molecular weight excluding hydrogens is 294 g/mol. The predicted molar refractivity (Wildman–Crippen MR) is 98.2 cm³/mol. The van der Waals surface area contributed by atoms with Crippen LogP contribution in [0.25, 0.3) is 0 Å². The zero-order valence-corrected chi connectivity index (χ0v) is 14.5. The topological polar surface area (TPSA) is 29.1 Å². The molecule has 0 bridgehead atoms. The van der Waals surface area contributed by atoms with Crippen molar-refractivity contribution in [3.8, 4) is 0 Å². The lowest BCUT2D eigenvalue weighted by atomic mass is 9.84. The second-order valence-electron chi connectivity index (χ2n) is 8.07. The summed E-state index contributed by atoms with van der Waals surface area (Å²) in [5.74, 6) is 2.81. The minimum Gasteiger partial charge on any atom is -0.349 e. The fourth-order valence-electron chi connectivity index (χ4n) is 3.58. The molecule has 1 fully saturated rings. The second-order valence-corrected chi connectivity index (χ2v) is 8.07. The van der Waals surface area contributed by atoms with Crippen LogP contribution in [-0.2, 0) is 10.2 Å². The molecule has 1 unspecified atom stereocenters. The van der Waals surface area contributed by atoms with Crippen molar-refractivity contribution in [2.75, 3.05) is 5.32 Å². The Bertz CT molecular complexity index is 831. The highest BCUT2D eigenvalue weighted by Gasteiger charge is 2.32. The summed E-state index contributed by atoms with van der Waals surface area (Å²) in [6.45, 7) is 6.65. The van der Waals surface area contributed by atoms with Gasteiger partial charge in [-0.15, -0.1) is 0 Å². The van der Waals surface area contributed by atoms with Crippen LogP contribution in [0.3, 0.4) is 0 Å². The van der Waals surface area contributed by atoms with E-state index < -0.39 is 0 Å². The zero-order chi connectivity index (χ0) is 16.9. The van der Waals surface area contributed by atoms with E-state index in [9.17, 15) is 4.79 Å². The van der Waals surface area contributed by atoms with Gasteiger partial charge in [0.2, 0.25) is 0 Å². The lowest BCUT2D eigenvalue weighted by Crippen LogP contribution is -2.11. The van der Waals surface area contributed by atoms with Gasteiger partial charge >= 0.3 is 0 Å². The Morgan fingerprint density at radius 2 is 1.67 bits per heavy atom. The Morgan fingerprint density at radius 1 is 1.00 bits per heavy atom. The van der Waals surface area contributed by atoms with Crippen LogP contribution in [0.4, 0.5) is 5.69 Å². The molecule has 1 saturated carbocycles. The van der Waals surface area contributed by atoms with Crippen molar-refractivity contribution in [2.45, 2.75) is 50.9 Å². The minimum atomic E-state index is -0.0229. The second kappa shape index (κ2) is 5.36. The monoisotopic (exact) mass is 317 g/mol. The number of hydrogen-bond acceptors (Lipinski definition) is 2. The van der Waals surface area contributed by atoms with Gasteiger partial charge in [0.05, 0.1) is 5.92 Å². The summed E-state index contributed by atoms with van der Waals surface area (Å²) in [6.07, 6.45) is 2.57. The molecule has 2 aliphatic rings. The van der Waals surface area contributed by atoms with E-state index in [2.05, 4.69) is 74.5 Å². The van der Waals surface area contributed by atoms with Crippen molar-refractivity contribution in [1.29, 1.82) is 0 Å². The predicted octanol–water partition coefficient (Wildman–Crippen LogP) is 5.13. The molecule has 24 heavy (non-hydrogen) atoms. The number of nitrogens with one attached hydrogen (secondary N) is 1. The summed E-state index contributed by atoms with van der Waals surface area (Å²) in [6, 6.07) is 15.3. The van der Waals surface area contributed by atoms with Gasteiger partial charge in [-0.2, -0.15) is 0 Å². The van der Waals surface area contributed by atoms with Gasteiger partial charge in [0.1, 0.15) is 11.6 Å². The SMILES string of the molecule is CC(C)(C)c1ccc(C2C(=C=O)Nc3ccc(C4CC4)cc32)cc1. The number of allylic oxidation sites excluding steroid dienone is 1. The molecule has 122 valence electrons. The van der Waals surface area contributed by atoms with Crippen LogP contribution in [0.2, 0.25) is 0 Å². The standard InChI is InChI=1S/C22H23NO/c1-22(2,3)17-9-6-15(7-10-17)21-18-12-16(14-4-5-14)8-11-19(18)23-20(21)13-24/h6-12,14,21,23H,4-5H2,1-3H3. The van der Waals surface area contributed by atoms with Crippen molar-refractivity contribution in [3.63, 3.8) is 0 Å². The molecular formula is C22H23NO. The van der Waals surface area contributed by atoms with E-state index in [1.54, 1.807) is 0 Å². The smallest absolute Gasteiger partial charge is 0.146 e.